The normalized spacial score (nSPS) is 11.3. The van der Waals surface area contributed by atoms with E-state index in [1.165, 1.54) is 10.9 Å². The summed E-state index contributed by atoms with van der Waals surface area (Å²) in [7, 11) is -3.38. The second-order valence-electron chi connectivity index (χ2n) is 5.98. The highest BCUT2D eigenvalue weighted by Gasteiger charge is 2.09. The lowest BCUT2D eigenvalue weighted by atomic mass is 10.2. The van der Waals surface area contributed by atoms with Gasteiger partial charge in [0.05, 0.1) is 21.8 Å². The van der Waals surface area contributed by atoms with Crippen molar-refractivity contribution in [2.45, 2.75) is 13.3 Å². The number of nitrogens with zero attached hydrogens (tertiary/aromatic N) is 1. The minimum atomic E-state index is -3.38. The van der Waals surface area contributed by atoms with E-state index in [1.807, 2.05) is 12.3 Å². The summed E-state index contributed by atoms with van der Waals surface area (Å²) in [6, 6.07) is 10.5. The van der Waals surface area contributed by atoms with Crippen LogP contribution in [-0.2, 0) is 16.4 Å². The number of carbonyl (C=O) groups excluding carboxylic acids is 1. The number of carbonyl (C=O) groups is 1. The highest BCUT2D eigenvalue weighted by Crippen LogP contribution is 2.29. The lowest BCUT2D eigenvalue weighted by Gasteiger charge is -2.07. The lowest BCUT2D eigenvalue weighted by Crippen LogP contribution is -2.25. The first-order valence-corrected chi connectivity index (χ1v) is 11.8. The van der Waals surface area contributed by atoms with Crippen molar-refractivity contribution < 1.29 is 13.2 Å². The third-order valence-electron chi connectivity index (χ3n) is 3.62. The smallest absolute Gasteiger partial charge is 0.251 e. The molecule has 142 valence electrons. The van der Waals surface area contributed by atoms with E-state index in [4.69, 9.17) is 0 Å². The zero-order valence-corrected chi connectivity index (χ0v) is 17.3. The number of benzene rings is 1. The Hall–Kier alpha value is -2.23. The number of amides is 1. The first-order chi connectivity index (χ1) is 12.8. The second-order valence-corrected chi connectivity index (χ2v) is 9.96. The molecule has 0 spiro atoms. The van der Waals surface area contributed by atoms with Gasteiger partial charge in [-0.15, -0.1) is 22.7 Å². The monoisotopic (exact) mass is 421 g/mol. The molecule has 0 bridgehead atoms. The molecule has 1 aromatic carbocycles. The Labute approximate surface area is 166 Å². The lowest BCUT2D eigenvalue weighted by molar-refractivity contribution is 0.0954. The van der Waals surface area contributed by atoms with E-state index >= 15 is 0 Å². The Morgan fingerprint density at radius 2 is 2.04 bits per heavy atom. The van der Waals surface area contributed by atoms with E-state index in [1.54, 1.807) is 40.9 Å². The van der Waals surface area contributed by atoms with Gasteiger partial charge in [0, 0.05) is 28.1 Å². The predicted octanol–water partition coefficient (Wildman–Crippen LogP) is 3.52. The van der Waals surface area contributed by atoms with Gasteiger partial charge in [0.2, 0.25) is 10.0 Å². The van der Waals surface area contributed by atoms with Crippen LogP contribution in [0.4, 0.5) is 5.69 Å². The molecule has 0 saturated heterocycles. The van der Waals surface area contributed by atoms with Crippen LogP contribution in [0.5, 0.6) is 0 Å². The molecular weight excluding hydrogens is 402 g/mol. The highest BCUT2D eigenvalue weighted by atomic mass is 32.2. The summed E-state index contributed by atoms with van der Waals surface area (Å²) in [5.41, 5.74) is 1.77. The number of thiophene rings is 1. The van der Waals surface area contributed by atoms with Crippen molar-refractivity contribution in [2.75, 3.05) is 17.5 Å². The summed E-state index contributed by atoms with van der Waals surface area (Å²) in [4.78, 5) is 19.1. The average molecular weight is 422 g/mol. The molecule has 0 atom stereocenters. The number of aromatic nitrogens is 1. The van der Waals surface area contributed by atoms with Crippen LogP contribution >= 0.6 is 22.7 Å². The average Bonchev–Trinajstić information content (AvgIpc) is 3.22. The third-order valence-corrected chi connectivity index (χ3v) is 6.17. The summed E-state index contributed by atoms with van der Waals surface area (Å²) in [5, 5.41) is 5.95. The van der Waals surface area contributed by atoms with Crippen LogP contribution in [0.15, 0.2) is 41.8 Å². The summed E-state index contributed by atoms with van der Waals surface area (Å²) < 4.78 is 25.0. The van der Waals surface area contributed by atoms with Gasteiger partial charge in [-0.05, 0) is 43.7 Å². The maximum atomic E-state index is 12.3. The molecule has 0 aliphatic rings. The topological polar surface area (TPSA) is 88.2 Å². The van der Waals surface area contributed by atoms with Crippen LogP contribution in [0.1, 0.15) is 20.2 Å². The number of anilines is 1. The molecule has 9 heteroatoms. The molecule has 1 amide bonds. The van der Waals surface area contributed by atoms with E-state index in [0.717, 1.165) is 28.3 Å². The Balaban J connectivity index is 1.55. The van der Waals surface area contributed by atoms with Crippen molar-refractivity contribution in [2.24, 2.45) is 0 Å². The predicted molar refractivity (Wildman–Crippen MR) is 111 cm³/mol. The Kier molecular flexibility index (Phi) is 5.93. The van der Waals surface area contributed by atoms with E-state index < -0.39 is 10.0 Å². The van der Waals surface area contributed by atoms with Crippen LogP contribution in [-0.4, -0.2) is 32.1 Å². The molecule has 3 aromatic rings. The molecule has 0 saturated carbocycles. The van der Waals surface area contributed by atoms with Gasteiger partial charge in [0.25, 0.3) is 5.91 Å². The van der Waals surface area contributed by atoms with Crippen molar-refractivity contribution in [3.8, 4) is 10.6 Å². The van der Waals surface area contributed by atoms with Crippen molar-refractivity contribution in [3.05, 3.63) is 57.2 Å². The Bertz CT molecular complexity index is 1050. The minimum absolute atomic E-state index is 0.237. The first-order valence-electron chi connectivity index (χ1n) is 8.17. The molecule has 3 rings (SSSR count). The van der Waals surface area contributed by atoms with Crippen LogP contribution in [0.3, 0.4) is 0 Å². The molecule has 6 nitrogen and oxygen atoms in total. The van der Waals surface area contributed by atoms with Gasteiger partial charge in [-0.1, -0.05) is 6.07 Å². The van der Waals surface area contributed by atoms with Crippen molar-refractivity contribution in [3.63, 3.8) is 0 Å². The van der Waals surface area contributed by atoms with Crippen LogP contribution in [0.2, 0.25) is 0 Å². The molecule has 27 heavy (non-hydrogen) atoms. The van der Waals surface area contributed by atoms with E-state index in [2.05, 4.69) is 27.2 Å². The molecular formula is C18H19N3O3S3. The third kappa shape index (κ3) is 5.62. The number of thiazole rings is 1. The Morgan fingerprint density at radius 1 is 1.22 bits per heavy atom. The van der Waals surface area contributed by atoms with Gasteiger partial charge < -0.3 is 5.32 Å². The first kappa shape index (κ1) is 19.5. The van der Waals surface area contributed by atoms with Crippen LogP contribution in [0.25, 0.3) is 10.6 Å². The maximum Gasteiger partial charge on any atom is 0.251 e. The van der Waals surface area contributed by atoms with E-state index in [9.17, 15) is 13.2 Å². The summed E-state index contributed by atoms with van der Waals surface area (Å²) in [6.07, 6.45) is 1.79. The van der Waals surface area contributed by atoms with Gasteiger partial charge in [-0.2, -0.15) is 0 Å². The zero-order valence-electron chi connectivity index (χ0n) is 14.9. The van der Waals surface area contributed by atoms with Gasteiger partial charge in [-0.25, -0.2) is 13.4 Å². The van der Waals surface area contributed by atoms with Crippen molar-refractivity contribution in [1.29, 1.82) is 0 Å². The summed E-state index contributed by atoms with van der Waals surface area (Å²) in [6.45, 7) is 2.48. The number of hydrogen-bond acceptors (Lipinski definition) is 6. The second kappa shape index (κ2) is 8.20. The standard InChI is InChI=1S/C18H19N3O3S3/c1-12-20-16(11-25-12)17-7-6-15(26-17)8-9-19-18(22)13-4-3-5-14(10-13)21-27(2,23)24/h3-7,10-11,21H,8-9H2,1-2H3,(H,19,22). The molecule has 0 aliphatic heterocycles. The molecule has 0 unspecified atom stereocenters. The van der Waals surface area contributed by atoms with Gasteiger partial charge in [-0.3, -0.25) is 9.52 Å². The number of hydrogen-bond donors (Lipinski definition) is 2. The van der Waals surface area contributed by atoms with Crippen molar-refractivity contribution in [1.82, 2.24) is 10.3 Å². The maximum absolute atomic E-state index is 12.3. The van der Waals surface area contributed by atoms with Gasteiger partial charge in [0.1, 0.15) is 0 Å². The number of nitrogens with one attached hydrogen (secondary N) is 2. The summed E-state index contributed by atoms with van der Waals surface area (Å²) in [5.74, 6) is -0.237. The molecule has 2 heterocycles. The highest BCUT2D eigenvalue weighted by molar-refractivity contribution is 7.92. The number of rotatable bonds is 7. The number of sulfonamides is 1. The number of aryl methyl sites for hydroxylation is 1. The molecule has 2 N–H and O–H groups in total. The summed E-state index contributed by atoms with van der Waals surface area (Å²) >= 11 is 3.30. The quantitative estimate of drug-likeness (QED) is 0.611. The SMILES string of the molecule is Cc1nc(-c2ccc(CCNC(=O)c3cccc(NS(C)(=O)=O)c3)s2)cs1. The largest absolute Gasteiger partial charge is 0.352 e. The van der Waals surface area contributed by atoms with Gasteiger partial charge >= 0.3 is 0 Å². The zero-order chi connectivity index (χ0) is 19.4. The fraction of sp³-hybridized carbons (Fsp3) is 0.222. The fourth-order valence-electron chi connectivity index (χ4n) is 2.47. The van der Waals surface area contributed by atoms with Crippen LogP contribution < -0.4 is 10.0 Å². The minimum Gasteiger partial charge on any atom is -0.352 e. The van der Waals surface area contributed by atoms with Crippen LogP contribution in [0, 0.1) is 6.92 Å². The Morgan fingerprint density at radius 3 is 2.74 bits per heavy atom. The molecule has 0 fully saturated rings. The van der Waals surface area contributed by atoms with E-state index in [0.29, 0.717) is 17.8 Å². The molecule has 0 radical (unpaired) electrons. The van der Waals surface area contributed by atoms with Gasteiger partial charge in [0.15, 0.2) is 0 Å². The fourth-order valence-corrected chi connectivity index (χ4v) is 4.68. The van der Waals surface area contributed by atoms with Crippen molar-refractivity contribution >= 4 is 44.3 Å². The molecule has 0 aliphatic carbocycles. The van der Waals surface area contributed by atoms with E-state index in [-0.39, 0.29) is 5.91 Å². The molecule has 2 aromatic heterocycles.